The zero-order valence-corrected chi connectivity index (χ0v) is 19.8. The number of rotatable bonds is 5. The maximum atomic E-state index is 13.2. The monoisotopic (exact) mass is 477 g/mol. The number of carbonyl (C=O) groups is 2. The number of piperidine rings is 1. The van der Waals surface area contributed by atoms with Crippen LogP contribution in [0.5, 0.6) is 0 Å². The second-order valence-corrected chi connectivity index (χ2v) is 9.79. The topological polar surface area (TPSA) is 72.4 Å². The molecule has 1 amide bonds. The maximum absolute atomic E-state index is 13.2. The van der Waals surface area contributed by atoms with Gasteiger partial charge in [0.2, 0.25) is 0 Å². The predicted octanol–water partition coefficient (Wildman–Crippen LogP) is 5.50. The Morgan fingerprint density at radius 1 is 0.970 bits per heavy atom. The van der Waals surface area contributed by atoms with Crippen molar-refractivity contribution in [2.45, 2.75) is 19.8 Å². The summed E-state index contributed by atoms with van der Waals surface area (Å²) in [5, 5.41) is 4.06. The minimum Gasteiger partial charge on any atom is -0.466 e. The number of fused-ring (bicyclic) bond motifs is 1. The molecule has 0 aliphatic carbocycles. The number of ether oxygens (including phenoxy) is 1. The molecule has 1 aliphatic heterocycles. The van der Waals surface area contributed by atoms with E-state index < -0.39 is 0 Å². The van der Waals surface area contributed by atoms with Crippen LogP contribution in [0.25, 0.3) is 32.2 Å². The summed E-state index contributed by atoms with van der Waals surface area (Å²) in [5.41, 5.74) is 3.74. The van der Waals surface area contributed by atoms with Crippen LogP contribution < -0.4 is 0 Å². The molecule has 33 heavy (non-hydrogen) atoms. The number of likely N-dealkylation sites (tertiary alicyclic amines) is 1. The van der Waals surface area contributed by atoms with Crippen LogP contribution in [-0.4, -0.2) is 46.4 Å². The van der Waals surface area contributed by atoms with Gasteiger partial charge in [-0.1, -0.05) is 12.1 Å². The lowest BCUT2D eigenvalue weighted by Gasteiger charge is -2.31. The highest BCUT2D eigenvalue weighted by Gasteiger charge is 2.29. The van der Waals surface area contributed by atoms with Crippen LogP contribution in [0.1, 0.15) is 30.1 Å². The first-order chi connectivity index (χ1) is 16.1. The number of nitrogens with zero attached hydrogens (tertiary/aromatic N) is 3. The highest BCUT2D eigenvalue weighted by Crippen LogP contribution is 2.35. The van der Waals surface area contributed by atoms with Crippen molar-refractivity contribution in [3.63, 3.8) is 0 Å². The molecular weight excluding hydrogens is 454 g/mol. The fourth-order valence-electron chi connectivity index (χ4n) is 4.12. The van der Waals surface area contributed by atoms with Gasteiger partial charge in [-0.2, -0.15) is 0 Å². The first-order valence-electron chi connectivity index (χ1n) is 11.0. The van der Waals surface area contributed by atoms with E-state index in [9.17, 15) is 9.59 Å². The van der Waals surface area contributed by atoms with E-state index >= 15 is 0 Å². The van der Waals surface area contributed by atoms with Gasteiger partial charge in [-0.3, -0.25) is 9.59 Å². The molecular formula is C25H23N3O3S2. The third-order valence-electron chi connectivity index (χ3n) is 5.82. The Morgan fingerprint density at radius 2 is 1.61 bits per heavy atom. The van der Waals surface area contributed by atoms with Crippen LogP contribution in [0.2, 0.25) is 0 Å². The molecule has 4 heterocycles. The molecule has 0 N–H and O–H groups in total. The zero-order valence-electron chi connectivity index (χ0n) is 18.2. The number of esters is 1. The van der Waals surface area contributed by atoms with Gasteiger partial charge in [0.25, 0.3) is 5.91 Å². The summed E-state index contributed by atoms with van der Waals surface area (Å²) in [6.07, 6.45) is 1.26. The van der Waals surface area contributed by atoms with Crippen molar-refractivity contribution < 1.29 is 14.3 Å². The Bertz CT molecular complexity index is 1280. The van der Waals surface area contributed by atoms with Crippen LogP contribution in [0.3, 0.4) is 0 Å². The molecule has 0 bridgehead atoms. The number of hydrogen-bond donors (Lipinski definition) is 0. The van der Waals surface area contributed by atoms with Crippen LogP contribution in [0, 0.1) is 5.92 Å². The number of benzene rings is 1. The molecule has 168 valence electrons. The quantitative estimate of drug-likeness (QED) is 0.355. The molecule has 0 atom stereocenters. The molecule has 1 aromatic carbocycles. The zero-order chi connectivity index (χ0) is 22.8. The normalized spacial score (nSPS) is 14.5. The van der Waals surface area contributed by atoms with Gasteiger partial charge in [0.05, 0.1) is 33.3 Å². The molecule has 5 rings (SSSR count). The molecule has 1 saturated heterocycles. The Balaban J connectivity index is 1.43. The third kappa shape index (κ3) is 4.41. The molecule has 4 aromatic rings. The first-order valence-corrected chi connectivity index (χ1v) is 12.8. The van der Waals surface area contributed by atoms with E-state index in [1.165, 1.54) is 0 Å². The first kappa shape index (κ1) is 21.7. The summed E-state index contributed by atoms with van der Waals surface area (Å²) in [6, 6.07) is 13.6. The van der Waals surface area contributed by atoms with E-state index in [1.807, 2.05) is 59.0 Å². The molecule has 6 nitrogen and oxygen atoms in total. The molecule has 3 aromatic heterocycles. The average Bonchev–Trinajstić information content (AvgIpc) is 3.57. The number of carbonyl (C=O) groups excluding carboxylic acids is 2. The minimum absolute atomic E-state index is 0.0407. The van der Waals surface area contributed by atoms with Crippen molar-refractivity contribution >= 4 is 45.6 Å². The van der Waals surface area contributed by atoms with Crippen molar-refractivity contribution in [3.8, 4) is 21.1 Å². The highest BCUT2D eigenvalue weighted by atomic mass is 32.1. The smallest absolute Gasteiger partial charge is 0.309 e. The Kier molecular flexibility index (Phi) is 6.20. The fourth-order valence-corrected chi connectivity index (χ4v) is 5.55. The Morgan fingerprint density at radius 3 is 2.18 bits per heavy atom. The number of aromatic nitrogens is 2. The molecule has 0 radical (unpaired) electrons. The molecule has 8 heteroatoms. The number of thiophene rings is 2. The summed E-state index contributed by atoms with van der Waals surface area (Å²) in [7, 11) is 0. The van der Waals surface area contributed by atoms with Crippen molar-refractivity contribution in [3.05, 3.63) is 58.8 Å². The summed E-state index contributed by atoms with van der Waals surface area (Å²) in [5.74, 6) is -0.324. The third-order valence-corrected chi connectivity index (χ3v) is 7.58. The van der Waals surface area contributed by atoms with Crippen molar-refractivity contribution in [2.75, 3.05) is 19.7 Å². The molecule has 0 spiro atoms. The van der Waals surface area contributed by atoms with Crippen molar-refractivity contribution in [1.82, 2.24) is 14.9 Å². The molecule has 1 fully saturated rings. The van der Waals surface area contributed by atoms with E-state index in [-0.39, 0.29) is 17.8 Å². The number of amides is 1. The van der Waals surface area contributed by atoms with Gasteiger partial charge < -0.3 is 9.64 Å². The Hall–Kier alpha value is -3.10. The molecule has 0 saturated carbocycles. The number of hydrogen-bond acceptors (Lipinski definition) is 7. The van der Waals surface area contributed by atoms with Crippen LogP contribution in [0.4, 0.5) is 0 Å². The lowest BCUT2D eigenvalue weighted by Crippen LogP contribution is -2.40. The van der Waals surface area contributed by atoms with Crippen molar-refractivity contribution in [1.29, 1.82) is 0 Å². The average molecular weight is 478 g/mol. The van der Waals surface area contributed by atoms with Crippen LogP contribution in [0.15, 0.2) is 53.2 Å². The lowest BCUT2D eigenvalue weighted by molar-refractivity contribution is -0.149. The highest BCUT2D eigenvalue weighted by molar-refractivity contribution is 7.14. The maximum Gasteiger partial charge on any atom is 0.309 e. The lowest BCUT2D eigenvalue weighted by atomic mass is 9.96. The van der Waals surface area contributed by atoms with E-state index in [0.29, 0.717) is 43.6 Å². The van der Waals surface area contributed by atoms with E-state index in [4.69, 9.17) is 14.7 Å². The second kappa shape index (κ2) is 9.41. The van der Waals surface area contributed by atoms with Gasteiger partial charge in [-0.25, -0.2) is 9.97 Å². The van der Waals surface area contributed by atoms with E-state index in [0.717, 1.165) is 26.7 Å². The summed E-state index contributed by atoms with van der Waals surface area (Å²) < 4.78 is 5.13. The fraction of sp³-hybridized carbons (Fsp3) is 0.280. The Labute approximate surface area is 199 Å². The van der Waals surface area contributed by atoms with Gasteiger partial charge in [-0.05, 0) is 60.9 Å². The second-order valence-electron chi connectivity index (χ2n) is 7.90. The standard InChI is InChI=1S/C25H23N3O3S2/c1-2-31-25(30)16-9-11-28(12-10-16)24(29)17-7-8-18-19(15-17)27-23(21-6-4-14-33-21)22(26-18)20-5-3-13-32-20/h3-8,13-16H,2,9-12H2,1H3. The van der Waals surface area contributed by atoms with E-state index in [2.05, 4.69) is 6.07 Å². The van der Waals surface area contributed by atoms with E-state index in [1.54, 1.807) is 22.7 Å². The SMILES string of the molecule is CCOC(=O)C1CCN(C(=O)c2ccc3nc(-c4cccs4)c(-c4cccs4)nc3c2)CC1. The van der Waals surface area contributed by atoms with Crippen molar-refractivity contribution in [2.24, 2.45) is 5.92 Å². The summed E-state index contributed by atoms with van der Waals surface area (Å²) in [6.45, 7) is 3.29. The van der Waals surface area contributed by atoms with Gasteiger partial charge in [0.1, 0.15) is 11.4 Å². The van der Waals surface area contributed by atoms with Gasteiger partial charge in [0, 0.05) is 18.7 Å². The minimum atomic E-state index is -0.159. The van der Waals surface area contributed by atoms with Gasteiger partial charge >= 0.3 is 5.97 Å². The molecule has 0 unspecified atom stereocenters. The largest absolute Gasteiger partial charge is 0.466 e. The summed E-state index contributed by atoms with van der Waals surface area (Å²) >= 11 is 3.26. The summed E-state index contributed by atoms with van der Waals surface area (Å²) in [4.78, 5) is 38.9. The van der Waals surface area contributed by atoms with Gasteiger partial charge in [-0.15, -0.1) is 22.7 Å². The van der Waals surface area contributed by atoms with Crippen LogP contribution >= 0.6 is 22.7 Å². The molecule has 1 aliphatic rings. The van der Waals surface area contributed by atoms with Gasteiger partial charge in [0.15, 0.2) is 0 Å². The van der Waals surface area contributed by atoms with Crippen LogP contribution in [-0.2, 0) is 9.53 Å². The predicted molar refractivity (Wildman–Crippen MR) is 131 cm³/mol.